The van der Waals surface area contributed by atoms with Gasteiger partial charge in [-0.1, -0.05) is 12.1 Å². The van der Waals surface area contributed by atoms with Crippen LogP contribution in [0.25, 0.3) is 0 Å². The Kier molecular flexibility index (Phi) is 7.34. The number of hydrogen-bond donors (Lipinski definition) is 1. The third-order valence-corrected chi connectivity index (χ3v) is 8.77. The largest absolute Gasteiger partial charge is 0.354 e. The molecule has 3 rings (SSSR count). The topological polar surface area (TPSA) is 69.7 Å². The Morgan fingerprint density at radius 1 is 1.20 bits per heavy atom. The molecule has 6 nitrogen and oxygen atoms in total. The lowest BCUT2D eigenvalue weighted by molar-refractivity contribution is -0.126. The number of sulfonamides is 1. The lowest BCUT2D eigenvalue weighted by Gasteiger charge is -2.31. The van der Waals surface area contributed by atoms with Gasteiger partial charge in [0.2, 0.25) is 15.9 Å². The molecule has 0 radical (unpaired) electrons. The number of amides is 1. The fraction of sp³-hybridized carbons (Fsp3) is 0.500. The second-order valence-corrected chi connectivity index (χ2v) is 11.1. The van der Waals surface area contributed by atoms with Crippen molar-refractivity contribution in [2.24, 2.45) is 5.92 Å². The highest BCUT2D eigenvalue weighted by Crippen LogP contribution is 2.26. The maximum Gasteiger partial charge on any atom is 0.243 e. The zero-order chi connectivity index (χ0) is 21.9. The summed E-state index contributed by atoms with van der Waals surface area (Å²) < 4.78 is 27.4. The quantitative estimate of drug-likeness (QED) is 0.705. The van der Waals surface area contributed by atoms with Gasteiger partial charge >= 0.3 is 0 Å². The number of hydrogen-bond acceptors (Lipinski definition) is 5. The van der Waals surface area contributed by atoms with Crippen LogP contribution in [0.5, 0.6) is 0 Å². The van der Waals surface area contributed by atoms with E-state index in [1.807, 2.05) is 45.5 Å². The summed E-state index contributed by atoms with van der Waals surface area (Å²) in [4.78, 5) is 16.4. The highest BCUT2D eigenvalue weighted by molar-refractivity contribution is 7.89. The third-order valence-electron chi connectivity index (χ3n) is 5.91. The first-order valence-electron chi connectivity index (χ1n) is 10.2. The molecule has 30 heavy (non-hydrogen) atoms. The Bertz CT molecular complexity index is 964. The molecule has 0 aliphatic carbocycles. The Labute approximate surface area is 183 Å². The first-order valence-corrected chi connectivity index (χ1v) is 12.6. The number of benzene rings is 1. The van der Waals surface area contributed by atoms with Gasteiger partial charge in [-0.2, -0.15) is 4.31 Å². The molecule has 1 aromatic carbocycles. The second-order valence-electron chi connectivity index (χ2n) is 8.16. The molecule has 0 spiro atoms. The summed E-state index contributed by atoms with van der Waals surface area (Å²) in [7, 11) is 0.493. The van der Waals surface area contributed by atoms with Gasteiger partial charge in [0.25, 0.3) is 0 Å². The Morgan fingerprint density at radius 2 is 1.90 bits per heavy atom. The number of rotatable bonds is 7. The molecule has 1 aromatic heterocycles. The first-order chi connectivity index (χ1) is 14.2. The van der Waals surface area contributed by atoms with Gasteiger partial charge in [-0.3, -0.25) is 4.79 Å². The molecule has 1 N–H and O–H groups in total. The molecule has 8 heteroatoms. The van der Waals surface area contributed by atoms with Gasteiger partial charge in [0.15, 0.2) is 0 Å². The summed E-state index contributed by atoms with van der Waals surface area (Å²) in [5.74, 6) is -0.135. The molecular weight excluding hydrogens is 418 g/mol. The summed E-state index contributed by atoms with van der Waals surface area (Å²) in [6, 6.07) is 9.48. The Hall–Kier alpha value is -1.74. The van der Waals surface area contributed by atoms with Crippen LogP contribution in [0.3, 0.4) is 0 Å². The van der Waals surface area contributed by atoms with Crippen molar-refractivity contribution in [3.05, 3.63) is 51.7 Å². The van der Waals surface area contributed by atoms with Crippen LogP contribution < -0.4 is 5.32 Å². The molecule has 164 valence electrons. The monoisotopic (exact) mass is 449 g/mol. The molecule has 1 fully saturated rings. The molecule has 1 amide bonds. The lowest BCUT2D eigenvalue weighted by atomic mass is 9.97. The fourth-order valence-electron chi connectivity index (χ4n) is 3.74. The van der Waals surface area contributed by atoms with E-state index < -0.39 is 10.0 Å². The van der Waals surface area contributed by atoms with Crippen LogP contribution in [0.2, 0.25) is 0 Å². The zero-order valence-electron chi connectivity index (χ0n) is 18.1. The molecule has 2 aromatic rings. The van der Waals surface area contributed by atoms with Crippen molar-refractivity contribution >= 4 is 27.3 Å². The predicted molar refractivity (Wildman–Crippen MR) is 121 cm³/mol. The Balaban J connectivity index is 1.57. The van der Waals surface area contributed by atoms with Gasteiger partial charge in [-0.15, -0.1) is 11.3 Å². The average Bonchev–Trinajstić information content (AvgIpc) is 3.24. The third kappa shape index (κ3) is 5.11. The number of carbonyl (C=O) groups is 1. The van der Waals surface area contributed by atoms with E-state index in [1.54, 1.807) is 23.5 Å². The standard InChI is InChI=1S/C22H31N3O3S2/c1-16-7-8-19(14-17(16)2)30(27,28)25-11-9-18(10-12-25)22(26)23-15-20(24(3)4)21-6-5-13-29-21/h5-8,13-14,18,20H,9-12,15H2,1-4H3,(H,23,26)/t20-/m0/s1. The van der Waals surface area contributed by atoms with Crippen LogP contribution in [0.4, 0.5) is 0 Å². The fourth-order valence-corrected chi connectivity index (χ4v) is 6.22. The molecule has 1 atom stereocenters. The molecule has 2 heterocycles. The predicted octanol–water partition coefficient (Wildman–Crippen LogP) is 3.18. The molecule has 1 aliphatic rings. The highest BCUT2D eigenvalue weighted by Gasteiger charge is 2.32. The number of likely N-dealkylation sites (N-methyl/N-ethyl adjacent to an activating group) is 1. The van der Waals surface area contributed by atoms with Gasteiger partial charge < -0.3 is 10.2 Å². The maximum atomic E-state index is 13.0. The van der Waals surface area contributed by atoms with Gasteiger partial charge in [-0.25, -0.2) is 8.42 Å². The summed E-state index contributed by atoms with van der Waals surface area (Å²) in [6.45, 7) is 5.18. The van der Waals surface area contributed by atoms with E-state index in [4.69, 9.17) is 0 Å². The smallest absolute Gasteiger partial charge is 0.243 e. The normalized spacial score (nSPS) is 17.2. The van der Waals surface area contributed by atoms with Crippen molar-refractivity contribution in [2.75, 3.05) is 33.7 Å². The van der Waals surface area contributed by atoms with Crippen LogP contribution >= 0.6 is 11.3 Å². The van der Waals surface area contributed by atoms with Crippen molar-refractivity contribution < 1.29 is 13.2 Å². The summed E-state index contributed by atoms with van der Waals surface area (Å²) in [5.41, 5.74) is 2.04. The molecule has 0 saturated carbocycles. The number of carbonyl (C=O) groups excluding carboxylic acids is 1. The number of nitrogens with one attached hydrogen (secondary N) is 1. The summed E-state index contributed by atoms with van der Waals surface area (Å²) in [6.07, 6.45) is 1.09. The maximum absolute atomic E-state index is 13.0. The lowest BCUT2D eigenvalue weighted by Crippen LogP contribution is -2.44. The molecule has 0 unspecified atom stereocenters. The van der Waals surface area contributed by atoms with Crippen molar-refractivity contribution in [3.8, 4) is 0 Å². The van der Waals surface area contributed by atoms with Crippen LogP contribution in [-0.2, 0) is 14.8 Å². The van der Waals surface area contributed by atoms with Crippen LogP contribution in [-0.4, -0.2) is 57.3 Å². The molecule has 0 bridgehead atoms. The average molecular weight is 450 g/mol. The van der Waals surface area contributed by atoms with Crippen molar-refractivity contribution in [1.82, 2.24) is 14.5 Å². The van der Waals surface area contributed by atoms with E-state index in [-0.39, 0.29) is 17.9 Å². The number of piperidine rings is 1. The highest BCUT2D eigenvalue weighted by atomic mass is 32.2. The van der Waals surface area contributed by atoms with E-state index in [2.05, 4.69) is 16.3 Å². The SMILES string of the molecule is Cc1ccc(S(=O)(=O)N2CCC(C(=O)NC[C@@H](c3cccs3)N(C)C)CC2)cc1C. The van der Waals surface area contributed by atoms with Gasteiger partial charge in [0.1, 0.15) is 0 Å². The van der Waals surface area contributed by atoms with Crippen molar-refractivity contribution in [1.29, 1.82) is 0 Å². The number of aryl methyl sites for hydroxylation is 2. The zero-order valence-corrected chi connectivity index (χ0v) is 19.7. The van der Waals surface area contributed by atoms with Gasteiger partial charge in [0.05, 0.1) is 10.9 Å². The van der Waals surface area contributed by atoms with Crippen LogP contribution in [0.15, 0.2) is 40.6 Å². The van der Waals surface area contributed by atoms with E-state index in [0.29, 0.717) is 37.4 Å². The van der Waals surface area contributed by atoms with E-state index >= 15 is 0 Å². The summed E-state index contributed by atoms with van der Waals surface area (Å²) >= 11 is 1.68. The second kappa shape index (κ2) is 9.60. The van der Waals surface area contributed by atoms with Crippen LogP contribution in [0, 0.1) is 19.8 Å². The molecule has 1 aliphatic heterocycles. The van der Waals surface area contributed by atoms with E-state index in [9.17, 15) is 13.2 Å². The minimum Gasteiger partial charge on any atom is -0.354 e. The molecule has 1 saturated heterocycles. The van der Waals surface area contributed by atoms with Gasteiger partial charge in [0, 0.05) is 30.4 Å². The van der Waals surface area contributed by atoms with Crippen LogP contribution in [0.1, 0.15) is 34.9 Å². The summed E-state index contributed by atoms with van der Waals surface area (Å²) in [5, 5.41) is 5.12. The number of thiophene rings is 1. The van der Waals surface area contributed by atoms with Crippen molar-refractivity contribution in [3.63, 3.8) is 0 Å². The van der Waals surface area contributed by atoms with Crippen molar-refractivity contribution in [2.45, 2.75) is 37.6 Å². The Morgan fingerprint density at radius 3 is 2.47 bits per heavy atom. The molecular formula is C22H31N3O3S2. The first kappa shape index (κ1) is 22.9. The van der Waals surface area contributed by atoms with E-state index in [1.165, 1.54) is 9.18 Å². The van der Waals surface area contributed by atoms with Gasteiger partial charge in [-0.05, 0) is 75.5 Å². The van der Waals surface area contributed by atoms with E-state index in [0.717, 1.165) is 11.1 Å². The minimum atomic E-state index is -3.52. The number of nitrogens with zero attached hydrogens (tertiary/aromatic N) is 2. The minimum absolute atomic E-state index is 0.0154.